The van der Waals surface area contributed by atoms with Gasteiger partial charge in [0.1, 0.15) is 0 Å². The molecular formula is C17H24INO2. The third kappa shape index (κ3) is 2.97. The molecule has 3 atom stereocenters. The van der Waals surface area contributed by atoms with Crippen LogP contribution in [0.1, 0.15) is 38.8 Å². The zero-order valence-electron chi connectivity index (χ0n) is 13.2. The number of amides is 1. The molecule has 1 fully saturated rings. The topological polar surface area (TPSA) is 29.5 Å². The number of hydroxylamine groups is 2. The minimum Gasteiger partial charge on any atom is -0.274 e. The van der Waals surface area contributed by atoms with Crippen molar-refractivity contribution in [2.75, 3.05) is 11.5 Å². The van der Waals surface area contributed by atoms with E-state index in [1.807, 2.05) is 18.2 Å². The standard InChI is InChI=1S/C17H24INO2/c1-12(2)10-17(3)14(11-18)15(19(21-4)16(17)20)13-8-6-5-7-9-13/h5-9,12,14-15H,10-11H2,1-4H3/t14-,15-,17+/m0/s1. The van der Waals surface area contributed by atoms with E-state index in [9.17, 15) is 4.79 Å². The fourth-order valence-electron chi connectivity index (χ4n) is 3.60. The van der Waals surface area contributed by atoms with E-state index in [4.69, 9.17) is 4.84 Å². The second-order valence-corrected chi connectivity index (χ2v) is 7.33. The van der Waals surface area contributed by atoms with E-state index < -0.39 is 0 Å². The van der Waals surface area contributed by atoms with Gasteiger partial charge in [-0.1, -0.05) is 73.7 Å². The molecule has 0 radical (unpaired) electrons. The van der Waals surface area contributed by atoms with Crippen LogP contribution < -0.4 is 0 Å². The number of benzene rings is 1. The lowest BCUT2D eigenvalue weighted by Crippen LogP contribution is -2.35. The molecule has 2 rings (SSSR count). The molecule has 1 saturated heterocycles. The summed E-state index contributed by atoms with van der Waals surface area (Å²) in [6, 6.07) is 10.2. The summed E-state index contributed by atoms with van der Waals surface area (Å²) < 4.78 is 0.937. The zero-order valence-corrected chi connectivity index (χ0v) is 15.3. The van der Waals surface area contributed by atoms with E-state index in [1.165, 1.54) is 0 Å². The first-order valence-electron chi connectivity index (χ1n) is 7.44. The average Bonchev–Trinajstić information content (AvgIpc) is 2.67. The highest BCUT2D eigenvalue weighted by Crippen LogP contribution is 2.52. The fourth-order valence-corrected chi connectivity index (χ4v) is 5.06. The second-order valence-electron chi connectivity index (χ2n) is 6.45. The van der Waals surface area contributed by atoms with Crippen LogP contribution in [0.3, 0.4) is 0 Å². The van der Waals surface area contributed by atoms with Gasteiger partial charge in [-0.05, 0) is 17.9 Å². The van der Waals surface area contributed by atoms with Gasteiger partial charge in [-0.2, -0.15) is 0 Å². The Morgan fingerprint density at radius 2 is 1.95 bits per heavy atom. The molecule has 1 aromatic rings. The highest BCUT2D eigenvalue weighted by molar-refractivity contribution is 14.1. The second kappa shape index (κ2) is 6.65. The summed E-state index contributed by atoms with van der Waals surface area (Å²) in [6.45, 7) is 6.46. The van der Waals surface area contributed by atoms with Crippen LogP contribution in [0.5, 0.6) is 0 Å². The Labute approximate surface area is 141 Å². The largest absolute Gasteiger partial charge is 0.274 e. The number of nitrogens with zero attached hydrogens (tertiary/aromatic N) is 1. The molecule has 3 nitrogen and oxygen atoms in total. The Morgan fingerprint density at radius 3 is 2.43 bits per heavy atom. The molecule has 1 aliphatic heterocycles. The minimum atomic E-state index is -0.355. The van der Waals surface area contributed by atoms with Gasteiger partial charge in [0.25, 0.3) is 5.91 Å². The third-order valence-corrected chi connectivity index (χ3v) is 5.43. The van der Waals surface area contributed by atoms with Crippen molar-refractivity contribution < 1.29 is 9.63 Å². The van der Waals surface area contributed by atoms with Gasteiger partial charge < -0.3 is 0 Å². The Hall–Kier alpha value is -0.620. The van der Waals surface area contributed by atoms with Crippen molar-refractivity contribution >= 4 is 28.5 Å². The molecule has 1 heterocycles. The summed E-state index contributed by atoms with van der Waals surface area (Å²) >= 11 is 2.41. The summed E-state index contributed by atoms with van der Waals surface area (Å²) in [5, 5.41) is 1.60. The van der Waals surface area contributed by atoms with Crippen LogP contribution in [0.2, 0.25) is 0 Å². The number of hydrogen-bond acceptors (Lipinski definition) is 2. The first-order valence-corrected chi connectivity index (χ1v) is 8.97. The number of hydrogen-bond donors (Lipinski definition) is 0. The summed E-state index contributed by atoms with van der Waals surface area (Å²) in [7, 11) is 1.60. The number of alkyl halides is 1. The van der Waals surface area contributed by atoms with Crippen LogP contribution in [-0.2, 0) is 9.63 Å². The van der Waals surface area contributed by atoms with Crippen LogP contribution in [0.15, 0.2) is 30.3 Å². The molecular weight excluding hydrogens is 377 g/mol. The maximum Gasteiger partial charge on any atom is 0.253 e. The summed E-state index contributed by atoms with van der Waals surface area (Å²) in [6.07, 6.45) is 0.892. The van der Waals surface area contributed by atoms with Gasteiger partial charge in [0.15, 0.2) is 0 Å². The molecule has 0 N–H and O–H groups in total. The summed E-state index contributed by atoms with van der Waals surface area (Å²) in [5.74, 6) is 0.863. The molecule has 0 saturated carbocycles. The summed E-state index contributed by atoms with van der Waals surface area (Å²) in [5.41, 5.74) is 0.799. The maximum absolute atomic E-state index is 12.9. The fraction of sp³-hybridized carbons (Fsp3) is 0.588. The van der Waals surface area contributed by atoms with Crippen LogP contribution in [0.4, 0.5) is 0 Å². The molecule has 21 heavy (non-hydrogen) atoms. The number of carbonyl (C=O) groups excluding carboxylic acids is 1. The lowest BCUT2D eigenvalue weighted by molar-refractivity contribution is -0.183. The zero-order chi connectivity index (χ0) is 15.6. The Bertz CT molecular complexity index is 491. The van der Waals surface area contributed by atoms with E-state index >= 15 is 0 Å². The Morgan fingerprint density at radius 1 is 1.33 bits per heavy atom. The van der Waals surface area contributed by atoms with E-state index in [0.717, 1.165) is 16.4 Å². The number of rotatable bonds is 5. The molecule has 0 aromatic heterocycles. The van der Waals surface area contributed by atoms with Crippen LogP contribution in [0, 0.1) is 17.3 Å². The Kier molecular flexibility index (Phi) is 5.30. The van der Waals surface area contributed by atoms with Crippen LogP contribution in [0.25, 0.3) is 0 Å². The molecule has 0 unspecified atom stereocenters. The smallest absolute Gasteiger partial charge is 0.253 e. The molecule has 1 amide bonds. The highest BCUT2D eigenvalue weighted by atomic mass is 127. The molecule has 0 aliphatic carbocycles. The van der Waals surface area contributed by atoms with Gasteiger partial charge in [-0.15, -0.1) is 0 Å². The van der Waals surface area contributed by atoms with Gasteiger partial charge in [0, 0.05) is 10.3 Å². The molecule has 0 bridgehead atoms. The maximum atomic E-state index is 12.9. The van der Waals surface area contributed by atoms with Gasteiger partial charge in [0.2, 0.25) is 0 Å². The molecule has 0 spiro atoms. The normalized spacial score (nSPS) is 29.4. The van der Waals surface area contributed by atoms with Crippen molar-refractivity contribution in [3.63, 3.8) is 0 Å². The number of carbonyl (C=O) groups is 1. The first-order chi connectivity index (χ1) is 9.95. The predicted molar refractivity (Wildman–Crippen MR) is 93.0 cm³/mol. The van der Waals surface area contributed by atoms with Crippen molar-refractivity contribution in [3.8, 4) is 0 Å². The van der Waals surface area contributed by atoms with Gasteiger partial charge in [-0.3, -0.25) is 9.63 Å². The van der Waals surface area contributed by atoms with Crippen molar-refractivity contribution in [3.05, 3.63) is 35.9 Å². The highest BCUT2D eigenvalue weighted by Gasteiger charge is 2.56. The lowest BCUT2D eigenvalue weighted by Gasteiger charge is -2.30. The van der Waals surface area contributed by atoms with Crippen molar-refractivity contribution in [2.24, 2.45) is 17.3 Å². The van der Waals surface area contributed by atoms with Crippen LogP contribution in [-0.4, -0.2) is 22.5 Å². The van der Waals surface area contributed by atoms with Crippen molar-refractivity contribution in [2.45, 2.75) is 33.2 Å². The van der Waals surface area contributed by atoms with Gasteiger partial charge in [-0.25, -0.2) is 5.06 Å². The lowest BCUT2D eigenvalue weighted by atomic mass is 9.71. The predicted octanol–water partition coefficient (Wildman–Crippen LogP) is 4.23. The molecule has 1 aromatic carbocycles. The van der Waals surface area contributed by atoms with Crippen molar-refractivity contribution in [1.82, 2.24) is 5.06 Å². The minimum absolute atomic E-state index is 0.00403. The monoisotopic (exact) mass is 401 g/mol. The molecule has 116 valence electrons. The Balaban J connectivity index is 2.46. The SMILES string of the molecule is CON1C(=O)[C@](C)(CC(C)C)[C@@H](CI)[C@@H]1c1ccccc1. The molecule has 4 heteroatoms. The van der Waals surface area contributed by atoms with Crippen molar-refractivity contribution in [1.29, 1.82) is 0 Å². The van der Waals surface area contributed by atoms with E-state index in [-0.39, 0.29) is 23.3 Å². The van der Waals surface area contributed by atoms with Crippen LogP contribution >= 0.6 is 22.6 Å². The quantitative estimate of drug-likeness (QED) is 0.546. The van der Waals surface area contributed by atoms with Gasteiger partial charge in [0.05, 0.1) is 18.6 Å². The molecule has 1 aliphatic rings. The van der Waals surface area contributed by atoms with E-state index in [0.29, 0.717) is 5.92 Å². The van der Waals surface area contributed by atoms with Gasteiger partial charge >= 0.3 is 0 Å². The average molecular weight is 401 g/mol. The van der Waals surface area contributed by atoms with E-state index in [2.05, 4.69) is 55.5 Å². The summed E-state index contributed by atoms with van der Waals surface area (Å²) in [4.78, 5) is 18.4. The number of halogens is 1. The third-order valence-electron chi connectivity index (χ3n) is 4.48. The first kappa shape index (κ1) is 16.7. The van der Waals surface area contributed by atoms with E-state index in [1.54, 1.807) is 12.2 Å².